The monoisotopic (exact) mass is 283 g/mol. The quantitative estimate of drug-likeness (QED) is 0.875. The summed E-state index contributed by atoms with van der Waals surface area (Å²) in [5, 5.41) is 2.28. The maximum atomic E-state index is 12.5. The lowest BCUT2D eigenvalue weighted by Crippen LogP contribution is -2.20. The zero-order chi connectivity index (χ0) is 14.8. The van der Waals surface area contributed by atoms with E-state index in [1.54, 1.807) is 12.1 Å². The van der Waals surface area contributed by atoms with Gasteiger partial charge in [-0.05, 0) is 12.1 Å². The third kappa shape index (κ3) is 2.99. The SMILES string of the molecule is Nc1ncc(C(F)(F)F)nc1C(=O)Nc1ccccn1. The molecular formula is C11H8F3N5O. The van der Waals surface area contributed by atoms with Crippen LogP contribution in [0.15, 0.2) is 30.6 Å². The summed E-state index contributed by atoms with van der Waals surface area (Å²) in [4.78, 5) is 22.1. The average Bonchev–Trinajstić information content (AvgIpc) is 2.39. The van der Waals surface area contributed by atoms with Crippen LogP contribution in [0, 0.1) is 0 Å². The van der Waals surface area contributed by atoms with Crippen LogP contribution >= 0.6 is 0 Å². The van der Waals surface area contributed by atoms with Gasteiger partial charge in [0.25, 0.3) is 5.91 Å². The van der Waals surface area contributed by atoms with E-state index >= 15 is 0 Å². The van der Waals surface area contributed by atoms with E-state index in [-0.39, 0.29) is 5.82 Å². The van der Waals surface area contributed by atoms with Crippen molar-refractivity contribution in [2.45, 2.75) is 6.18 Å². The lowest BCUT2D eigenvalue weighted by Gasteiger charge is -2.09. The molecule has 104 valence electrons. The highest BCUT2D eigenvalue weighted by Gasteiger charge is 2.34. The molecule has 0 atom stereocenters. The van der Waals surface area contributed by atoms with Crippen molar-refractivity contribution in [3.8, 4) is 0 Å². The summed E-state index contributed by atoms with van der Waals surface area (Å²) in [6.45, 7) is 0. The molecule has 0 saturated carbocycles. The van der Waals surface area contributed by atoms with Gasteiger partial charge in [-0.3, -0.25) is 4.79 Å². The first-order chi connectivity index (χ1) is 9.38. The maximum Gasteiger partial charge on any atom is 0.434 e. The zero-order valence-electron chi connectivity index (χ0n) is 9.85. The number of nitrogens with two attached hydrogens (primary N) is 1. The molecule has 0 unspecified atom stereocenters. The molecule has 0 radical (unpaired) electrons. The Balaban J connectivity index is 2.30. The number of carbonyl (C=O) groups is 1. The minimum atomic E-state index is -4.71. The first-order valence-electron chi connectivity index (χ1n) is 5.30. The third-order valence-electron chi connectivity index (χ3n) is 2.21. The summed E-state index contributed by atoms with van der Waals surface area (Å²) in [5.41, 5.74) is 3.47. The highest BCUT2D eigenvalue weighted by atomic mass is 19.4. The highest BCUT2D eigenvalue weighted by Crippen LogP contribution is 2.27. The van der Waals surface area contributed by atoms with Crippen molar-refractivity contribution in [3.63, 3.8) is 0 Å². The number of pyridine rings is 1. The summed E-state index contributed by atoms with van der Waals surface area (Å²) in [7, 11) is 0. The van der Waals surface area contributed by atoms with Gasteiger partial charge in [-0.25, -0.2) is 15.0 Å². The van der Waals surface area contributed by atoms with Gasteiger partial charge in [-0.1, -0.05) is 6.07 Å². The van der Waals surface area contributed by atoms with Crippen molar-refractivity contribution in [1.82, 2.24) is 15.0 Å². The molecule has 9 heteroatoms. The van der Waals surface area contributed by atoms with Crippen molar-refractivity contribution in [2.24, 2.45) is 0 Å². The predicted octanol–water partition coefficient (Wildman–Crippen LogP) is 1.72. The van der Waals surface area contributed by atoms with Gasteiger partial charge >= 0.3 is 6.18 Å². The van der Waals surface area contributed by atoms with Gasteiger partial charge < -0.3 is 11.1 Å². The first-order valence-corrected chi connectivity index (χ1v) is 5.30. The van der Waals surface area contributed by atoms with Gasteiger partial charge in [0.05, 0.1) is 6.20 Å². The molecule has 2 aromatic rings. The number of nitrogens with zero attached hydrogens (tertiary/aromatic N) is 3. The molecule has 0 fully saturated rings. The van der Waals surface area contributed by atoms with E-state index in [1.807, 2.05) is 0 Å². The molecule has 0 spiro atoms. The van der Waals surface area contributed by atoms with E-state index in [0.717, 1.165) is 0 Å². The Labute approximate surface area is 110 Å². The molecule has 2 aromatic heterocycles. The van der Waals surface area contributed by atoms with Crippen molar-refractivity contribution in [2.75, 3.05) is 11.1 Å². The molecule has 0 aliphatic heterocycles. The molecule has 2 heterocycles. The Morgan fingerprint density at radius 1 is 1.25 bits per heavy atom. The fourth-order valence-corrected chi connectivity index (χ4v) is 1.31. The molecule has 1 amide bonds. The molecule has 6 nitrogen and oxygen atoms in total. The Morgan fingerprint density at radius 2 is 2.00 bits per heavy atom. The molecule has 3 N–H and O–H groups in total. The largest absolute Gasteiger partial charge is 0.434 e. The zero-order valence-corrected chi connectivity index (χ0v) is 9.85. The lowest BCUT2D eigenvalue weighted by atomic mass is 10.3. The summed E-state index contributed by atoms with van der Waals surface area (Å²) in [6.07, 6.45) is -2.83. The highest BCUT2D eigenvalue weighted by molar-refractivity contribution is 6.05. The lowest BCUT2D eigenvalue weighted by molar-refractivity contribution is -0.141. The minimum absolute atomic E-state index is 0.163. The number of nitrogen functional groups attached to an aromatic ring is 1. The number of nitrogens with one attached hydrogen (secondary N) is 1. The first kappa shape index (κ1) is 13.7. The van der Waals surface area contributed by atoms with Crippen molar-refractivity contribution < 1.29 is 18.0 Å². The number of alkyl halides is 3. The smallest absolute Gasteiger partial charge is 0.382 e. The van der Waals surface area contributed by atoms with Crippen LogP contribution < -0.4 is 11.1 Å². The van der Waals surface area contributed by atoms with Crippen LogP contribution in [-0.4, -0.2) is 20.9 Å². The van der Waals surface area contributed by atoms with E-state index in [2.05, 4.69) is 20.3 Å². The molecular weight excluding hydrogens is 275 g/mol. The van der Waals surface area contributed by atoms with E-state index in [4.69, 9.17) is 5.73 Å². The number of rotatable bonds is 2. The standard InChI is InChI=1S/C11H8F3N5O/c12-11(13,14)6-5-17-9(15)8(18-6)10(20)19-7-3-1-2-4-16-7/h1-5H,(H2,15,17)(H,16,19,20). The molecule has 0 aromatic carbocycles. The Morgan fingerprint density at radius 3 is 2.60 bits per heavy atom. The van der Waals surface area contributed by atoms with Crippen LogP contribution in [0.2, 0.25) is 0 Å². The average molecular weight is 283 g/mol. The summed E-state index contributed by atoms with van der Waals surface area (Å²) < 4.78 is 37.5. The molecule has 0 aliphatic rings. The van der Waals surface area contributed by atoms with Crippen molar-refractivity contribution in [1.29, 1.82) is 0 Å². The number of amides is 1. The van der Waals surface area contributed by atoms with E-state index < -0.39 is 29.3 Å². The van der Waals surface area contributed by atoms with Gasteiger partial charge in [0.2, 0.25) is 0 Å². The summed E-state index contributed by atoms with van der Waals surface area (Å²) in [5.74, 6) is -1.15. The fourth-order valence-electron chi connectivity index (χ4n) is 1.31. The Kier molecular flexibility index (Phi) is 3.51. The number of hydrogen-bond acceptors (Lipinski definition) is 5. The Hall–Kier alpha value is -2.71. The maximum absolute atomic E-state index is 12.5. The molecule has 2 rings (SSSR count). The van der Waals surface area contributed by atoms with Crippen LogP contribution in [-0.2, 0) is 6.18 Å². The number of aromatic nitrogens is 3. The second kappa shape index (κ2) is 5.11. The van der Waals surface area contributed by atoms with Crippen molar-refractivity contribution in [3.05, 3.63) is 42.0 Å². The van der Waals surface area contributed by atoms with Crippen LogP contribution in [0.4, 0.5) is 24.8 Å². The fraction of sp³-hybridized carbons (Fsp3) is 0.0909. The van der Waals surface area contributed by atoms with Crippen molar-refractivity contribution >= 4 is 17.5 Å². The van der Waals surface area contributed by atoms with Crippen LogP contribution in [0.1, 0.15) is 16.2 Å². The number of anilines is 2. The van der Waals surface area contributed by atoms with Crippen LogP contribution in [0.3, 0.4) is 0 Å². The predicted molar refractivity (Wildman–Crippen MR) is 63.6 cm³/mol. The second-order valence-corrected chi connectivity index (χ2v) is 3.66. The van der Waals surface area contributed by atoms with Crippen LogP contribution in [0.25, 0.3) is 0 Å². The Bertz CT molecular complexity index is 630. The summed E-state index contributed by atoms with van der Waals surface area (Å²) >= 11 is 0. The third-order valence-corrected chi connectivity index (χ3v) is 2.21. The molecule has 0 aliphatic carbocycles. The number of hydrogen-bond donors (Lipinski definition) is 2. The molecule has 20 heavy (non-hydrogen) atoms. The summed E-state index contributed by atoms with van der Waals surface area (Å²) in [6, 6.07) is 4.69. The number of halogens is 3. The van der Waals surface area contributed by atoms with Crippen LogP contribution in [0.5, 0.6) is 0 Å². The molecule has 0 bridgehead atoms. The van der Waals surface area contributed by atoms with E-state index in [1.165, 1.54) is 12.3 Å². The van der Waals surface area contributed by atoms with Gasteiger partial charge in [0.15, 0.2) is 17.2 Å². The normalized spacial score (nSPS) is 11.2. The van der Waals surface area contributed by atoms with Gasteiger partial charge in [0.1, 0.15) is 5.82 Å². The topological polar surface area (TPSA) is 93.8 Å². The van der Waals surface area contributed by atoms with Gasteiger partial charge in [-0.15, -0.1) is 0 Å². The number of carbonyl (C=O) groups excluding carboxylic acids is 1. The van der Waals surface area contributed by atoms with Gasteiger partial charge in [-0.2, -0.15) is 13.2 Å². The van der Waals surface area contributed by atoms with E-state index in [9.17, 15) is 18.0 Å². The minimum Gasteiger partial charge on any atom is -0.382 e. The molecule has 0 saturated heterocycles. The second-order valence-electron chi connectivity index (χ2n) is 3.66. The van der Waals surface area contributed by atoms with E-state index in [0.29, 0.717) is 6.20 Å². The van der Waals surface area contributed by atoms with Gasteiger partial charge in [0, 0.05) is 6.20 Å².